The minimum absolute atomic E-state index is 0.509. The topological polar surface area (TPSA) is 12.0 Å². The zero-order chi connectivity index (χ0) is 15.9. The molecule has 0 aromatic rings. The summed E-state index contributed by atoms with van der Waals surface area (Å²) in [5.41, 5.74) is 0.509. The summed E-state index contributed by atoms with van der Waals surface area (Å²) in [7, 11) is 0. The van der Waals surface area contributed by atoms with Gasteiger partial charge in [0.2, 0.25) is 0 Å². The van der Waals surface area contributed by atoms with Crippen molar-refractivity contribution in [3.05, 3.63) is 0 Å². The molecule has 0 saturated heterocycles. The van der Waals surface area contributed by atoms with E-state index in [0.717, 1.165) is 23.8 Å². The molecule has 21 heavy (non-hydrogen) atoms. The standard InChI is InChI=1S/C20H41N/c1-7-15-21-19(10-8-9-16(2)3)17-11-13-18(14-12-17)20(4,5)6/h16-19,21H,7-15H2,1-6H3. The van der Waals surface area contributed by atoms with E-state index in [2.05, 4.69) is 46.9 Å². The average molecular weight is 296 g/mol. The van der Waals surface area contributed by atoms with Crippen LogP contribution < -0.4 is 5.32 Å². The van der Waals surface area contributed by atoms with Gasteiger partial charge in [0.05, 0.1) is 0 Å². The minimum Gasteiger partial charge on any atom is -0.314 e. The van der Waals surface area contributed by atoms with E-state index in [1.165, 1.54) is 57.9 Å². The molecule has 0 heterocycles. The van der Waals surface area contributed by atoms with Crippen LogP contribution in [0, 0.1) is 23.2 Å². The van der Waals surface area contributed by atoms with Gasteiger partial charge in [-0.15, -0.1) is 0 Å². The Labute approximate surface area is 134 Å². The van der Waals surface area contributed by atoms with Gasteiger partial charge in [-0.25, -0.2) is 0 Å². The first-order valence-electron chi connectivity index (χ1n) is 9.58. The van der Waals surface area contributed by atoms with E-state index in [-0.39, 0.29) is 0 Å². The van der Waals surface area contributed by atoms with Crippen LogP contribution in [0.5, 0.6) is 0 Å². The monoisotopic (exact) mass is 295 g/mol. The molecule has 0 aliphatic heterocycles. The van der Waals surface area contributed by atoms with Crippen LogP contribution in [0.1, 0.15) is 92.9 Å². The zero-order valence-corrected chi connectivity index (χ0v) is 15.7. The first-order valence-corrected chi connectivity index (χ1v) is 9.58. The van der Waals surface area contributed by atoms with Gasteiger partial charge >= 0.3 is 0 Å². The third-order valence-electron chi connectivity index (χ3n) is 5.52. The first-order chi connectivity index (χ1) is 9.84. The summed E-state index contributed by atoms with van der Waals surface area (Å²) in [6.07, 6.45) is 11.2. The molecular formula is C20H41N. The second-order valence-corrected chi connectivity index (χ2v) is 8.86. The molecule has 1 nitrogen and oxygen atoms in total. The van der Waals surface area contributed by atoms with Crippen LogP contribution in [0.3, 0.4) is 0 Å². The average Bonchev–Trinajstić information content (AvgIpc) is 2.41. The Kier molecular flexibility index (Phi) is 8.31. The van der Waals surface area contributed by atoms with Gasteiger partial charge in [-0.3, -0.25) is 0 Å². The Morgan fingerprint density at radius 3 is 2.10 bits per heavy atom. The molecule has 1 saturated carbocycles. The molecule has 1 heteroatoms. The second kappa shape index (κ2) is 9.18. The van der Waals surface area contributed by atoms with E-state index in [1.807, 2.05) is 0 Å². The molecule has 0 aromatic carbocycles. The number of hydrogen-bond donors (Lipinski definition) is 1. The third kappa shape index (κ3) is 7.17. The van der Waals surface area contributed by atoms with Gasteiger partial charge in [-0.05, 0) is 68.2 Å². The van der Waals surface area contributed by atoms with Crippen molar-refractivity contribution in [2.24, 2.45) is 23.2 Å². The van der Waals surface area contributed by atoms with Crippen molar-refractivity contribution in [1.82, 2.24) is 5.32 Å². The van der Waals surface area contributed by atoms with Crippen LogP contribution in [0.15, 0.2) is 0 Å². The van der Waals surface area contributed by atoms with Gasteiger partial charge in [0.15, 0.2) is 0 Å². The van der Waals surface area contributed by atoms with Crippen LogP contribution >= 0.6 is 0 Å². The fourth-order valence-electron chi connectivity index (χ4n) is 3.97. The van der Waals surface area contributed by atoms with Crippen molar-refractivity contribution >= 4 is 0 Å². The summed E-state index contributed by atoms with van der Waals surface area (Å²) in [6.45, 7) is 15.5. The summed E-state index contributed by atoms with van der Waals surface area (Å²) in [5.74, 6) is 2.73. The SMILES string of the molecule is CCCNC(CCCC(C)C)C1CCC(C(C)(C)C)CC1. The molecule has 0 aromatic heterocycles. The highest BCUT2D eigenvalue weighted by molar-refractivity contribution is 4.85. The molecule has 1 N–H and O–H groups in total. The molecular weight excluding hydrogens is 254 g/mol. The van der Waals surface area contributed by atoms with Gasteiger partial charge < -0.3 is 5.32 Å². The predicted octanol–water partition coefficient (Wildman–Crippen LogP) is 6.03. The molecule has 1 atom stereocenters. The van der Waals surface area contributed by atoms with Gasteiger partial charge in [-0.2, -0.15) is 0 Å². The fourth-order valence-corrected chi connectivity index (χ4v) is 3.97. The Balaban J connectivity index is 2.44. The molecule has 1 aliphatic rings. The summed E-state index contributed by atoms with van der Waals surface area (Å²) < 4.78 is 0. The number of hydrogen-bond acceptors (Lipinski definition) is 1. The third-order valence-corrected chi connectivity index (χ3v) is 5.52. The highest BCUT2D eigenvalue weighted by atomic mass is 14.9. The normalized spacial score (nSPS) is 25.3. The number of rotatable bonds is 8. The van der Waals surface area contributed by atoms with Gasteiger partial charge in [0.25, 0.3) is 0 Å². The van der Waals surface area contributed by atoms with Crippen LogP contribution in [-0.2, 0) is 0 Å². The van der Waals surface area contributed by atoms with Crippen molar-refractivity contribution in [3.8, 4) is 0 Å². The van der Waals surface area contributed by atoms with Crippen LogP contribution in [-0.4, -0.2) is 12.6 Å². The van der Waals surface area contributed by atoms with E-state index in [0.29, 0.717) is 5.41 Å². The molecule has 0 bridgehead atoms. The summed E-state index contributed by atoms with van der Waals surface area (Å²) in [4.78, 5) is 0. The van der Waals surface area contributed by atoms with E-state index in [4.69, 9.17) is 0 Å². The fraction of sp³-hybridized carbons (Fsp3) is 1.00. The van der Waals surface area contributed by atoms with E-state index < -0.39 is 0 Å². The molecule has 126 valence electrons. The van der Waals surface area contributed by atoms with E-state index in [1.54, 1.807) is 0 Å². The molecule has 0 spiro atoms. The zero-order valence-electron chi connectivity index (χ0n) is 15.7. The Bertz CT molecular complexity index is 256. The van der Waals surface area contributed by atoms with Crippen molar-refractivity contribution in [2.45, 2.75) is 99.0 Å². The summed E-state index contributed by atoms with van der Waals surface area (Å²) >= 11 is 0. The van der Waals surface area contributed by atoms with Gasteiger partial charge in [0.1, 0.15) is 0 Å². The van der Waals surface area contributed by atoms with E-state index >= 15 is 0 Å². The lowest BCUT2D eigenvalue weighted by Gasteiger charge is -2.40. The van der Waals surface area contributed by atoms with Crippen molar-refractivity contribution in [2.75, 3.05) is 6.54 Å². The lowest BCUT2D eigenvalue weighted by Crippen LogP contribution is -2.39. The first kappa shape index (κ1) is 19.0. The lowest BCUT2D eigenvalue weighted by molar-refractivity contribution is 0.129. The molecule has 1 aliphatic carbocycles. The smallest absolute Gasteiger partial charge is 0.00953 e. The maximum Gasteiger partial charge on any atom is 0.00953 e. The predicted molar refractivity (Wildman–Crippen MR) is 95.7 cm³/mol. The maximum absolute atomic E-state index is 3.87. The van der Waals surface area contributed by atoms with Crippen LogP contribution in [0.25, 0.3) is 0 Å². The molecule has 0 radical (unpaired) electrons. The molecule has 1 fully saturated rings. The van der Waals surface area contributed by atoms with E-state index in [9.17, 15) is 0 Å². The maximum atomic E-state index is 3.87. The lowest BCUT2D eigenvalue weighted by atomic mass is 9.68. The van der Waals surface area contributed by atoms with Crippen LogP contribution in [0.4, 0.5) is 0 Å². The Morgan fingerprint density at radius 2 is 1.62 bits per heavy atom. The Morgan fingerprint density at radius 1 is 1.00 bits per heavy atom. The highest BCUT2D eigenvalue weighted by Gasteiger charge is 2.32. The second-order valence-electron chi connectivity index (χ2n) is 8.86. The van der Waals surface area contributed by atoms with Crippen molar-refractivity contribution in [1.29, 1.82) is 0 Å². The number of nitrogens with one attached hydrogen (secondary N) is 1. The molecule has 1 unspecified atom stereocenters. The van der Waals surface area contributed by atoms with Crippen molar-refractivity contribution < 1.29 is 0 Å². The highest BCUT2D eigenvalue weighted by Crippen LogP contribution is 2.41. The molecule has 0 amide bonds. The molecule has 1 rings (SSSR count). The quantitative estimate of drug-likeness (QED) is 0.576. The van der Waals surface area contributed by atoms with Gasteiger partial charge in [0, 0.05) is 6.04 Å². The van der Waals surface area contributed by atoms with Crippen LogP contribution in [0.2, 0.25) is 0 Å². The van der Waals surface area contributed by atoms with Crippen molar-refractivity contribution in [3.63, 3.8) is 0 Å². The largest absolute Gasteiger partial charge is 0.314 e. The summed E-state index contributed by atoms with van der Waals surface area (Å²) in [5, 5.41) is 3.87. The van der Waals surface area contributed by atoms with Gasteiger partial charge in [-0.1, -0.05) is 54.4 Å². The summed E-state index contributed by atoms with van der Waals surface area (Å²) in [6, 6.07) is 0.782. The Hall–Kier alpha value is -0.0400. The minimum atomic E-state index is 0.509.